The Kier molecular flexibility index (Phi) is 4.64. The lowest BCUT2D eigenvalue weighted by atomic mass is 10.3. The fourth-order valence-electron chi connectivity index (χ4n) is 1.00. The number of anilines is 1. The number of nitrogens with zero attached hydrogens (tertiary/aromatic N) is 2. The third-order valence-corrected chi connectivity index (χ3v) is 2.43. The third kappa shape index (κ3) is 4.85. The summed E-state index contributed by atoms with van der Waals surface area (Å²) in [5.41, 5.74) is 0. The molecule has 0 bridgehead atoms. The summed E-state index contributed by atoms with van der Waals surface area (Å²) in [7, 11) is 0. The number of carbonyl (C=O) groups is 1. The van der Waals surface area contributed by atoms with E-state index in [1.54, 1.807) is 0 Å². The van der Waals surface area contributed by atoms with Crippen LogP contribution in [0.4, 0.5) is 5.13 Å². The van der Waals surface area contributed by atoms with Crippen molar-refractivity contribution in [2.45, 2.75) is 33.2 Å². The first-order valence-corrected chi connectivity index (χ1v) is 5.73. The molecule has 5 nitrogen and oxygen atoms in total. The van der Waals surface area contributed by atoms with Gasteiger partial charge in [0.05, 0.1) is 0 Å². The van der Waals surface area contributed by atoms with Crippen molar-refractivity contribution in [1.82, 2.24) is 15.5 Å². The molecule has 0 aliphatic rings. The van der Waals surface area contributed by atoms with Gasteiger partial charge in [0.15, 0.2) is 0 Å². The summed E-state index contributed by atoms with van der Waals surface area (Å²) in [5.74, 6) is -0.0284. The molecule has 0 aromatic carbocycles. The Labute approximate surface area is 93.3 Å². The van der Waals surface area contributed by atoms with Gasteiger partial charge in [-0.15, -0.1) is 10.2 Å². The molecule has 0 saturated heterocycles. The van der Waals surface area contributed by atoms with Gasteiger partial charge < -0.3 is 10.6 Å². The van der Waals surface area contributed by atoms with Gasteiger partial charge in [0.2, 0.25) is 11.0 Å². The molecule has 15 heavy (non-hydrogen) atoms. The van der Waals surface area contributed by atoms with E-state index in [2.05, 4.69) is 20.8 Å². The van der Waals surface area contributed by atoms with Crippen molar-refractivity contribution < 1.29 is 4.79 Å². The van der Waals surface area contributed by atoms with Crippen molar-refractivity contribution in [3.63, 3.8) is 0 Å². The van der Waals surface area contributed by atoms with E-state index in [0.29, 0.717) is 24.1 Å². The maximum Gasteiger partial charge on any atom is 0.227 e. The molecule has 1 aromatic rings. The summed E-state index contributed by atoms with van der Waals surface area (Å²) in [6.07, 6.45) is 0.455. The lowest BCUT2D eigenvalue weighted by Crippen LogP contribution is -2.27. The van der Waals surface area contributed by atoms with Crippen molar-refractivity contribution >= 4 is 22.4 Å². The maximum atomic E-state index is 11.4. The van der Waals surface area contributed by atoms with Crippen LogP contribution in [0.3, 0.4) is 0 Å². The number of hydrogen-bond donors (Lipinski definition) is 2. The summed E-state index contributed by atoms with van der Waals surface area (Å²) < 4.78 is 0. The molecular formula is C9H16N4OS. The van der Waals surface area contributed by atoms with Crippen LogP contribution >= 0.6 is 11.3 Å². The van der Waals surface area contributed by atoms with Gasteiger partial charge in [-0.1, -0.05) is 25.2 Å². The summed E-state index contributed by atoms with van der Waals surface area (Å²) >= 11 is 1.38. The Morgan fingerprint density at radius 1 is 1.47 bits per heavy atom. The van der Waals surface area contributed by atoms with Gasteiger partial charge in [-0.3, -0.25) is 4.79 Å². The van der Waals surface area contributed by atoms with Crippen LogP contribution in [-0.2, 0) is 4.79 Å². The van der Waals surface area contributed by atoms with Crippen LogP contribution < -0.4 is 10.6 Å². The maximum absolute atomic E-state index is 11.4. The van der Waals surface area contributed by atoms with E-state index >= 15 is 0 Å². The molecule has 0 radical (unpaired) electrons. The molecule has 0 spiro atoms. The van der Waals surface area contributed by atoms with Crippen molar-refractivity contribution in [2.24, 2.45) is 0 Å². The first kappa shape index (κ1) is 12.1. The summed E-state index contributed by atoms with van der Waals surface area (Å²) in [6, 6.07) is 0.404. The molecule has 0 saturated carbocycles. The number of aryl methyl sites for hydroxylation is 1. The van der Waals surface area contributed by atoms with Crippen LogP contribution in [0.1, 0.15) is 25.3 Å². The second-order valence-corrected chi connectivity index (χ2v) is 4.71. The van der Waals surface area contributed by atoms with Crippen molar-refractivity contribution in [2.75, 3.05) is 11.9 Å². The molecular weight excluding hydrogens is 212 g/mol. The molecule has 0 fully saturated rings. The molecule has 0 unspecified atom stereocenters. The van der Waals surface area contributed by atoms with Gasteiger partial charge in [-0.2, -0.15) is 0 Å². The van der Waals surface area contributed by atoms with Crippen molar-refractivity contribution in [3.05, 3.63) is 5.01 Å². The zero-order valence-corrected chi connectivity index (χ0v) is 10.0. The average Bonchev–Trinajstić information content (AvgIpc) is 2.50. The largest absolute Gasteiger partial charge is 0.314 e. The quantitative estimate of drug-likeness (QED) is 0.794. The Morgan fingerprint density at radius 2 is 2.20 bits per heavy atom. The number of carbonyl (C=O) groups excluding carboxylic acids is 1. The van der Waals surface area contributed by atoms with Gasteiger partial charge in [-0.05, 0) is 6.92 Å². The molecule has 2 N–H and O–H groups in total. The van der Waals surface area contributed by atoms with Gasteiger partial charge in [0.1, 0.15) is 5.01 Å². The van der Waals surface area contributed by atoms with Crippen LogP contribution in [0.5, 0.6) is 0 Å². The molecule has 1 rings (SSSR count). The van der Waals surface area contributed by atoms with E-state index in [9.17, 15) is 4.79 Å². The lowest BCUT2D eigenvalue weighted by molar-refractivity contribution is -0.116. The Hall–Kier alpha value is -1.01. The minimum Gasteiger partial charge on any atom is -0.314 e. The summed E-state index contributed by atoms with van der Waals surface area (Å²) in [4.78, 5) is 11.4. The molecule has 6 heteroatoms. The van der Waals surface area contributed by atoms with E-state index in [1.807, 2.05) is 20.8 Å². The fraction of sp³-hybridized carbons (Fsp3) is 0.667. The van der Waals surface area contributed by atoms with E-state index in [-0.39, 0.29) is 5.91 Å². The van der Waals surface area contributed by atoms with Crippen LogP contribution in [0.2, 0.25) is 0 Å². The number of aromatic nitrogens is 2. The van der Waals surface area contributed by atoms with Crippen LogP contribution in [0.15, 0.2) is 0 Å². The first-order chi connectivity index (χ1) is 7.08. The highest BCUT2D eigenvalue weighted by Crippen LogP contribution is 2.13. The average molecular weight is 228 g/mol. The molecule has 0 aliphatic heterocycles. The van der Waals surface area contributed by atoms with Crippen molar-refractivity contribution in [3.8, 4) is 0 Å². The smallest absolute Gasteiger partial charge is 0.227 e. The monoisotopic (exact) mass is 228 g/mol. The highest BCUT2D eigenvalue weighted by Gasteiger charge is 2.05. The van der Waals surface area contributed by atoms with E-state index < -0.39 is 0 Å². The standard InChI is InChI=1S/C9H16N4OS/c1-6(2)10-5-4-8(14)11-9-13-12-7(3)15-9/h6,10H,4-5H2,1-3H3,(H,11,13,14). The zero-order chi connectivity index (χ0) is 11.3. The molecule has 1 amide bonds. The predicted molar refractivity (Wildman–Crippen MR) is 61.0 cm³/mol. The third-order valence-electron chi connectivity index (χ3n) is 1.68. The topological polar surface area (TPSA) is 66.9 Å². The van der Waals surface area contributed by atoms with Crippen LogP contribution in [-0.4, -0.2) is 28.7 Å². The molecule has 0 aliphatic carbocycles. The molecule has 1 heterocycles. The number of rotatable bonds is 5. The van der Waals surface area contributed by atoms with E-state index in [0.717, 1.165) is 5.01 Å². The van der Waals surface area contributed by atoms with Gasteiger partial charge >= 0.3 is 0 Å². The fourth-order valence-corrected chi connectivity index (χ4v) is 1.61. The minimum absolute atomic E-state index is 0.0284. The summed E-state index contributed by atoms with van der Waals surface area (Å²) in [6.45, 7) is 6.63. The van der Waals surface area contributed by atoms with E-state index in [1.165, 1.54) is 11.3 Å². The number of nitrogens with one attached hydrogen (secondary N) is 2. The Balaban J connectivity index is 2.24. The zero-order valence-electron chi connectivity index (χ0n) is 9.20. The highest BCUT2D eigenvalue weighted by atomic mass is 32.1. The van der Waals surface area contributed by atoms with Gasteiger partial charge in [0.25, 0.3) is 0 Å². The van der Waals surface area contributed by atoms with Crippen LogP contribution in [0, 0.1) is 6.92 Å². The van der Waals surface area contributed by atoms with Crippen LogP contribution in [0.25, 0.3) is 0 Å². The SMILES string of the molecule is Cc1nnc(NC(=O)CCNC(C)C)s1. The minimum atomic E-state index is -0.0284. The highest BCUT2D eigenvalue weighted by molar-refractivity contribution is 7.15. The van der Waals surface area contributed by atoms with Gasteiger partial charge in [0, 0.05) is 19.0 Å². The normalized spacial score (nSPS) is 10.7. The predicted octanol–water partition coefficient (Wildman–Crippen LogP) is 1.17. The molecule has 0 atom stereocenters. The second kappa shape index (κ2) is 5.77. The van der Waals surface area contributed by atoms with Crippen molar-refractivity contribution in [1.29, 1.82) is 0 Å². The lowest BCUT2D eigenvalue weighted by Gasteiger charge is -2.06. The number of hydrogen-bond acceptors (Lipinski definition) is 5. The van der Waals surface area contributed by atoms with E-state index in [4.69, 9.17) is 0 Å². The number of amides is 1. The molecule has 1 aromatic heterocycles. The Bertz CT molecular complexity index is 324. The first-order valence-electron chi connectivity index (χ1n) is 4.91. The second-order valence-electron chi connectivity index (χ2n) is 3.53. The summed E-state index contributed by atoms with van der Waals surface area (Å²) in [5, 5.41) is 14.9. The molecule has 84 valence electrons. The Morgan fingerprint density at radius 3 is 2.73 bits per heavy atom. The van der Waals surface area contributed by atoms with Gasteiger partial charge in [-0.25, -0.2) is 0 Å².